The Balaban J connectivity index is 2.06. The topological polar surface area (TPSA) is 74.6 Å². The van der Waals surface area contributed by atoms with Crippen molar-refractivity contribution in [1.29, 1.82) is 0 Å². The highest BCUT2D eigenvalue weighted by Crippen LogP contribution is 2.39. The predicted octanol–water partition coefficient (Wildman–Crippen LogP) is 8.13. The van der Waals surface area contributed by atoms with Crippen molar-refractivity contribution in [3.05, 3.63) is 142 Å². The zero-order chi connectivity index (χ0) is 29.2. The fourth-order valence-corrected chi connectivity index (χ4v) is 4.12. The van der Waals surface area contributed by atoms with Crippen LogP contribution in [0.25, 0.3) is 11.1 Å². The van der Waals surface area contributed by atoms with Crippen molar-refractivity contribution in [2.75, 3.05) is 0 Å². The van der Waals surface area contributed by atoms with Crippen molar-refractivity contribution in [1.82, 2.24) is 0 Å². The molecule has 0 atom stereocenters. The smallest absolute Gasteiger partial charge is 0.416 e. The van der Waals surface area contributed by atoms with E-state index in [4.69, 9.17) is 0 Å². The lowest BCUT2D eigenvalue weighted by Crippen LogP contribution is -2.06. The van der Waals surface area contributed by atoms with E-state index in [9.17, 15) is 46.1 Å². The summed E-state index contributed by atoms with van der Waals surface area (Å²) in [6, 6.07) is 19.2. The van der Waals surface area contributed by atoms with Gasteiger partial charge in [-0.15, -0.1) is 0 Å². The summed E-state index contributed by atoms with van der Waals surface area (Å²) >= 11 is 0. The number of aromatic carboxylic acids is 2. The van der Waals surface area contributed by atoms with E-state index in [-0.39, 0.29) is 33.4 Å². The van der Waals surface area contributed by atoms with Gasteiger partial charge in [0.15, 0.2) is 0 Å². The van der Waals surface area contributed by atoms with Crippen LogP contribution in [0.3, 0.4) is 0 Å². The summed E-state index contributed by atoms with van der Waals surface area (Å²) in [6.07, 6.45) is -9.23. The first-order valence-corrected chi connectivity index (χ1v) is 11.5. The average molecular weight is 556 g/mol. The van der Waals surface area contributed by atoms with Gasteiger partial charge < -0.3 is 10.2 Å². The third kappa shape index (κ3) is 6.06. The van der Waals surface area contributed by atoms with Gasteiger partial charge in [0.1, 0.15) is 0 Å². The van der Waals surface area contributed by atoms with E-state index in [0.29, 0.717) is 11.1 Å². The van der Waals surface area contributed by atoms with Crippen molar-refractivity contribution >= 4 is 23.1 Å². The van der Waals surface area contributed by atoms with Gasteiger partial charge in [0.05, 0.1) is 22.3 Å². The van der Waals surface area contributed by atoms with E-state index in [1.54, 1.807) is 0 Å². The zero-order valence-corrected chi connectivity index (χ0v) is 20.2. The van der Waals surface area contributed by atoms with Crippen molar-refractivity contribution < 1.29 is 46.1 Å². The standard InChI is InChI=1S/C30H18F6O4/c31-29(32,33)23-13-9-19(10-14-23)25(17-1-5-21(6-2-17)27(37)38)26(18-3-7-22(8-4-18)28(39)40)20-11-15-24(16-12-20)30(34,35)36/h1-16H,(H,37,38)(H,39,40)/b26-25+. The summed E-state index contributed by atoms with van der Waals surface area (Å²) in [4.78, 5) is 22.8. The third-order valence-corrected chi connectivity index (χ3v) is 6.09. The van der Waals surface area contributed by atoms with E-state index < -0.39 is 35.4 Å². The lowest BCUT2D eigenvalue weighted by Gasteiger charge is -2.19. The molecule has 0 aliphatic carbocycles. The second-order valence-electron chi connectivity index (χ2n) is 8.67. The van der Waals surface area contributed by atoms with Crippen LogP contribution in [0.4, 0.5) is 26.3 Å². The number of hydrogen-bond acceptors (Lipinski definition) is 2. The zero-order valence-electron chi connectivity index (χ0n) is 20.2. The molecule has 0 bridgehead atoms. The molecular formula is C30H18F6O4. The Morgan fingerprint density at radius 2 is 0.600 bits per heavy atom. The molecule has 0 aromatic heterocycles. The van der Waals surface area contributed by atoms with Crippen LogP contribution in [0, 0.1) is 0 Å². The van der Waals surface area contributed by atoms with Crippen LogP contribution in [0.2, 0.25) is 0 Å². The number of carbonyl (C=O) groups is 2. The summed E-state index contributed by atoms with van der Waals surface area (Å²) in [7, 11) is 0. The minimum atomic E-state index is -4.62. The molecule has 4 nitrogen and oxygen atoms in total. The first kappa shape index (κ1) is 28.2. The van der Waals surface area contributed by atoms with E-state index in [1.165, 1.54) is 72.8 Å². The molecule has 0 spiro atoms. The second kappa shape index (κ2) is 10.7. The van der Waals surface area contributed by atoms with Crippen LogP contribution >= 0.6 is 0 Å². The Labute approximate surface area is 223 Å². The van der Waals surface area contributed by atoms with Crippen LogP contribution in [0.5, 0.6) is 0 Å². The molecule has 204 valence electrons. The van der Waals surface area contributed by atoms with E-state index in [0.717, 1.165) is 24.3 Å². The number of rotatable bonds is 6. The molecule has 0 fully saturated rings. The SMILES string of the molecule is O=C(O)c1ccc(/C(=C(/c2ccc(C(=O)O)cc2)c2ccc(C(F)(F)F)cc2)c2ccc(C(F)(F)F)cc2)cc1. The van der Waals surface area contributed by atoms with Crippen molar-refractivity contribution in [3.8, 4) is 0 Å². The number of halogens is 6. The summed E-state index contributed by atoms with van der Waals surface area (Å²) in [5.41, 5.74) is -0.139. The molecule has 0 amide bonds. The first-order chi connectivity index (χ1) is 18.8. The molecule has 0 unspecified atom stereocenters. The van der Waals surface area contributed by atoms with Gasteiger partial charge in [0.2, 0.25) is 0 Å². The quantitative estimate of drug-likeness (QED) is 0.186. The molecule has 2 N–H and O–H groups in total. The lowest BCUT2D eigenvalue weighted by molar-refractivity contribution is -0.138. The minimum absolute atomic E-state index is 0.0580. The molecule has 0 saturated heterocycles. The van der Waals surface area contributed by atoms with Crippen LogP contribution in [0.1, 0.15) is 54.1 Å². The molecule has 40 heavy (non-hydrogen) atoms. The van der Waals surface area contributed by atoms with Crippen LogP contribution in [-0.4, -0.2) is 22.2 Å². The highest BCUT2D eigenvalue weighted by atomic mass is 19.4. The Hall–Kier alpha value is -4.86. The van der Waals surface area contributed by atoms with Gasteiger partial charge in [-0.25, -0.2) is 9.59 Å². The summed E-state index contributed by atoms with van der Waals surface area (Å²) in [5.74, 6) is -2.42. The highest BCUT2D eigenvalue weighted by Gasteiger charge is 2.31. The maximum absolute atomic E-state index is 13.3. The Kier molecular flexibility index (Phi) is 7.55. The molecule has 0 radical (unpaired) electrons. The minimum Gasteiger partial charge on any atom is -0.478 e. The van der Waals surface area contributed by atoms with Gasteiger partial charge in [-0.1, -0.05) is 48.5 Å². The second-order valence-corrected chi connectivity index (χ2v) is 8.67. The average Bonchev–Trinajstić information content (AvgIpc) is 2.91. The maximum atomic E-state index is 13.3. The Morgan fingerprint density at radius 1 is 0.400 bits per heavy atom. The predicted molar refractivity (Wildman–Crippen MR) is 135 cm³/mol. The van der Waals surface area contributed by atoms with Gasteiger partial charge in [-0.05, 0) is 81.9 Å². The fraction of sp³-hybridized carbons (Fsp3) is 0.0667. The summed E-state index contributed by atoms with van der Waals surface area (Å²) in [6.45, 7) is 0. The van der Waals surface area contributed by atoms with Crippen LogP contribution in [0.15, 0.2) is 97.1 Å². The van der Waals surface area contributed by atoms with Crippen molar-refractivity contribution in [3.63, 3.8) is 0 Å². The van der Waals surface area contributed by atoms with Gasteiger partial charge in [0.25, 0.3) is 0 Å². The van der Waals surface area contributed by atoms with Crippen molar-refractivity contribution in [2.45, 2.75) is 12.4 Å². The van der Waals surface area contributed by atoms with Crippen LogP contribution < -0.4 is 0 Å². The van der Waals surface area contributed by atoms with E-state index in [1.807, 2.05) is 0 Å². The first-order valence-electron chi connectivity index (χ1n) is 11.5. The Bertz CT molecular complexity index is 1440. The molecule has 10 heteroatoms. The highest BCUT2D eigenvalue weighted by molar-refractivity contribution is 6.05. The van der Waals surface area contributed by atoms with Crippen molar-refractivity contribution in [2.24, 2.45) is 0 Å². The van der Waals surface area contributed by atoms with E-state index >= 15 is 0 Å². The molecule has 0 aliphatic rings. The molecule has 0 saturated carbocycles. The molecule has 0 aliphatic heterocycles. The van der Waals surface area contributed by atoms with Gasteiger partial charge in [-0.3, -0.25) is 0 Å². The molecular weight excluding hydrogens is 538 g/mol. The summed E-state index contributed by atoms with van der Waals surface area (Å²) in [5, 5.41) is 18.6. The van der Waals surface area contributed by atoms with E-state index in [2.05, 4.69) is 0 Å². The molecule has 4 aromatic carbocycles. The molecule has 4 aromatic rings. The van der Waals surface area contributed by atoms with Crippen LogP contribution in [-0.2, 0) is 12.4 Å². The monoisotopic (exact) mass is 556 g/mol. The summed E-state index contributed by atoms with van der Waals surface area (Å²) < 4.78 is 79.7. The molecule has 0 heterocycles. The van der Waals surface area contributed by atoms with Gasteiger partial charge in [0, 0.05) is 0 Å². The maximum Gasteiger partial charge on any atom is 0.416 e. The van der Waals surface area contributed by atoms with Gasteiger partial charge >= 0.3 is 24.3 Å². The van der Waals surface area contributed by atoms with Gasteiger partial charge in [-0.2, -0.15) is 26.3 Å². The fourth-order valence-electron chi connectivity index (χ4n) is 4.12. The number of benzene rings is 4. The number of alkyl halides is 6. The Morgan fingerprint density at radius 3 is 0.800 bits per heavy atom. The number of hydrogen-bond donors (Lipinski definition) is 2. The normalized spacial score (nSPS) is 12.6. The number of carboxylic acids is 2. The number of carboxylic acid groups (broad SMARTS) is 2. The lowest BCUT2D eigenvalue weighted by atomic mass is 9.85. The molecule has 4 rings (SSSR count). The largest absolute Gasteiger partial charge is 0.478 e. The third-order valence-electron chi connectivity index (χ3n) is 6.09.